The minimum absolute atomic E-state index is 0.680. The lowest BCUT2D eigenvalue weighted by atomic mass is 9.94. The van der Waals surface area contributed by atoms with E-state index in [2.05, 4.69) is 42.9 Å². The van der Waals surface area contributed by atoms with Crippen LogP contribution >= 0.6 is 11.3 Å². The second-order valence-corrected chi connectivity index (χ2v) is 5.00. The molecule has 0 radical (unpaired) electrons. The monoisotopic (exact) mass is 225 g/mol. The van der Waals surface area contributed by atoms with Crippen molar-refractivity contribution in [2.24, 2.45) is 5.92 Å². The van der Waals surface area contributed by atoms with Crippen molar-refractivity contribution in [3.63, 3.8) is 0 Å². The normalized spacial score (nSPS) is 15.1. The third-order valence-electron chi connectivity index (χ3n) is 3.12. The average molecular weight is 225 g/mol. The Kier molecular flexibility index (Phi) is 5.96. The van der Waals surface area contributed by atoms with Crippen molar-refractivity contribution in [2.75, 3.05) is 6.54 Å². The van der Waals surface area contributed by atoms with Gasteiger partial charge in [0.25, 0.3) is 0 Å². The molecule has 86 valence electrons. The second-order valence-electron chi connectivity index (χ2n) is 4.22. The third kappa shape index (κ3) is 4.35. The average Bonchev–Trinajstić information content (AvgIpc) is 2.76. The molecule has 1 rings (SSSR count). The van der Waals surface area contributed by atoms with Gasteiger partial charge in [0.1, 0.15) is 0 Å². The Morgan fingerprint density at radius 1 is 1.40 bits per heavy atom. The van der Waals surface area contributed by atoms with E-state index in [4.69, 9.17) is 0 Å². The van der Waals surface area contributed by atoms with E-state index in [1.54, 1.807) is 11.3 Å². The quantitative estimate of drug-likeness (QED) is 0.746. The topological polar surface area (TPSA) is 12.0 Å². The first-order chi connectivity index (χ1) is 7.27. The van der Waals surface area contributed by atoms with Crippen molar-refractivity contribution < 1.29 is 0 Å². The van der Waals surface area contributed by atoms with E-state index in [1.165, 1.54) is 24.8 Å². The summed E-state index contributed by atoms with van der Waals surface area (Å²) in [4.78, 5) is 0. The molecule has 0 saturated carbocycles. The van der Waals surface area contributed by atoms with E-state index >= 15 is 0 Å². The van der Waals surface area contributed by atoms with E-state index in [0.29, 0.717) is 6.04 Å². The summed E-state index contributed by atoms with van der Waals surface area (Å²) in [5.41, 5.74) is 1.49. The Morgan fingerprint density at radius 3 is 2.73 bits per heavy atom. The minimum Gasteiger partial charge on any atom is -0.314 e. The summed E-state index contributed by atoms with van der Waals surface area (Å²) in [6, 6.07) is 2.92. The summed E-state index contributed by atoms with van der Waals surface area (Å²) in [5.74, 6) is 0.781. The van der Waals surface area contributed by atoms with Crippen LogP contribution in [0.1, 0.15) is 39.2 Å². The van der Waals surface area contributed by atoms with Gasteiger partial charge in [-0.2, -0.15) is 11.3 Å². The molecule has 0 aliphatic heterocycles. The van der Waals surface area contributed by atoms with Crippen LogP contribution < -0.4 is 5.32 Å². The molecule has 0 aliphatic rings. The predicted octanol–water partition coefficient (Wildman–Crippen LogP) is 3.70. The molecule has 2 heteroatoms. The fraction of sp³-hybridized carbons (Fsp3) is 0.692. The summed E-state index contributed by atoms with van der Waals surface area (Å²) >= 11 is 1.80. The molecule has 1 aromatic rings. The van der Waals surface area contributed by atoms with Crippen LogP contribution in [0, 0.1) is 5.92 Å². The van der Waals surface area contributed by atoms with E-state index in [-0.39, 0.29) is 0 Å². The largest absolute Gasteiger partial charge is 0.314 e. The number of hydrogen-bond acceptors (Lipinski definition) is 2. The lowest BCUT2D eigenvalue weighted by Gasteiger charge is -2.23. The van der Waals surface area contributed by atoms with Crippen LogP contribution in [0.4, 0.5) is 0 Å². The Balaban J connectivity index is 2.37. The Morgan fingerprint density at radius 2 is 2.20 bits per heavy atom. The van der Waals surface area contributed by atoms with Gasteiger partial charge >= 0.3 is 0 Å². The van der Waals surface area contributed by atoms with Crippen molar-refractivity contribution in [2.45, 2.75) is 46.1 Å². The van der Waals surface area contributed by atoms with Crippen LogP contribution in [0.5, 0.6) is 0 Å². The van der Waals surface area contributed by atoms with Gasteiger partial charge in [0.15, 0.2) is 0 Å². The standard InChI is InChI=1S/C13H23NS/c1-4-11(3)13(14-5-2)7-6-12-8-9-15-10-12/h8-11,13-14H,4-7H2,1-3H3. The highest BCUT2D eigenvalue weighted by Gasteiger charge is 2.14. The summed E-state index contributed by atoms with van der Waals surface area (Å²) in [6.07, 6.45) is 3.74. The SMILES string of the molecule is CCNC(CCc1ccsc1)C(C)CC. The molecular weight excluding hydrogens is 202 g/mol. The maximum Gasteiger partial charge on any atom is 0.00956 e. The van der Waals surface area contributed by atoms with Gasteiger partial charge in [-0.25, -0.2) is 0 Å². The summed E-state index contributed by atoms with van der Waals surface area (Å²) in [5, 5.41) is 8.03. The Bertz CT molecular complexity index is 243. The Labute approximate surface area is 97.9 Å². The number of nitrogens with one attached hydrogen (secondary N) is 1. The van der Waals surface area contributed by atoms with Gasteiger partial charge in [-0.3, -0.25) is 0 Å². The highest BCUT2D eigenvalue weighted by Crippen LogP contribution is 2.15. The summed E-state index contributed by atoms with van der Waals surface area (Å²) in [6.45, 7) is 7.90. The van der Waals surface area contributed by atoms with Gasteiger partial charge in [0.2, 0.25) is 0 Å². The van der Waals surface area contributed by atoms with Gasteiger partial charge in [0, 0.05) is 6.04 Å². The molecule has 0 saturated heterocycles. The Hall–Kier alpha value is -0.340. The van der Waals surface area contributed by atoms with Crippen molar-refractivity contribution in [1.29, 1.82) is 0 Å². The number of rotatable bonds is 7. The summed E-state index contributed by atoms with van der Waals surface area (Å²) in [7, 11) is 0. The summed E-state index contributed by atoms with van der Waals surface area (Å²) < 4.78 is 0. The molecule has 0 aliphatic carbocycles. The molecule has 0 amide bonds. The number of thiophene rings is 1. The van der Waals surface area contributed by atoms with Gasteiger partial charge < -0.3 is 5.32 Å². The molecule has 1 N–H and O–H groups in total. The van der Waals surface area contributed by atoms with E-state index < -0.39 is 0 Å². The van der Waals surface area contributed by atoms with E-state index in [1.807, 2.05) is 0 Å². The molecule has 2 atom stereocenters. The van der Waals surface area contributed by atoms with Gasteiger partial charge in [0.05, 0.1) is 0 Å². The minimum atomic E-state index is 0.680. The highest BCUT2D eigenvalue weighted by atomic mass is 32.1. The molecule has 1 aromatic heterocycles. The van der Waals surface area contributed by atoms with Gasteiger partial charge in [-0.15, -0.1) is 0 Å². The van der Waals surface area contributed by atoms with Crippen LogP contribution in [0.2, 0.25) is 0 Å². The van der Waals surface area contributed by atoms with Crippen molar-refractivity contribution in [3.8, 4) is 0 Å². The number of hydrogen-bond donors (Lipinski definition) is 1. The van der Waals surface area contributed by atoms with Crippen LogP contribution in [-0.4, -0.2) is 12.6 Å². The highest BCUT2D eigenvalue weighted by molar-refractivity contribution is 7.07. The first-order valence-corrected chi connectivity index (χ1v) is 6.96. The van der Waals surface area contributed by atoms with Crippen LogP contribution in [0.25, 0.3) is 0 Å². The zero-order valence-corrected chi connectivity index (χ0v) is 10.9. The molecule has 1 nitrogen and oxygen atoms in total. The maximum atomic E-state index is 3.60. The fourth-order valence-corrected chi connectivity index (χ4v) is 2.59. The molecule has 0 spiro atoms. The molecular formula is C13H23NS. The third-order valence-corrected chi connectivity index (χ3v) is 3.85. The van der Waals surface area contributed by atoms with E-state index in [9.17, 15) is 0 Å². The van der Waals surface area contributed by atoms with Crippen molar-refractivity contribution in [3.05, 3.63) is 22.4 Å². The molecule has 2 unspecified atom stereocenters. The van der Waals surface area contributed by atoms with Crippen molar-refractivity contribution >= 4 is 11.3 Å². The first-order valence-electron chi connectivity index (χ1n) is 6.02. The van der Waals surface area contributed by atoms with Crippen LogP contribution in [-0.2, 0) is 6.42 Å². The molecule has 0 fully saturated rings. The number of aryl methyl sites for hydroxylation is 1. The smallest absolute Gasteiger partial charge is 0.00956 e. The van der Waals surface area contributed by atoms with E-state index in [0.717, 1.165) is 12.5 Å². The van der Waals surface area contributed by atoms with Gasteiger partial charge in [-0.1, -0.05) is 27.2 Å². The zero-order chi connectivity index (χ0) is 11.1. The molecule has 0 aromatic carbocycles. The van der Waals surface area contributed by atoms with Crippen LogP contribution in [0.15, 0.2) is 16.8 Å². The zero-order valence-electron chi connectivity index (χ0n) is 10.1. The lowest BCUT2D eigenvalue weighted by molar-refractivity contribution is 0.354. The first kappa shape index (κ1) is 12.7. The molecule has 1 heterocycles. The van der Waals surface area contributed by atoms with Crippen LogP contribution in [0.3, 0.4) is 0 Å². The molecule has 0 bridgehead atoms. The van der Waals surface area contributed by atoms with Gasteiger partial charge in [-0.05, 0) is 47.7 Å². The second kappa shape index (κ2) is 7.02. The maximum absolute atomic E-state index is 3.60. The van der Waals surface area contributed by atoms with Crippen molar-refractivity contribution in [1.82, 2.24) is 5.32 Å². The molecule has 15 heavy (non-hydrogen) atoms. The lowest BCUT2D eigenvalue weighted by Crippen LogP contribution is -2.35. The fourth-order valence-electron chi connectivity index (χ4n) is 1.89. The predicted molar refractivity (Wildman–Crippen MR) is 69.6 cm³/mol.